The van der Waals surface area contributed by atoms with Crippen LogP contribution in [0.3, 0.4) is 0 Å². The molecule has 0 radical (unpaired) electrons. The van der Waals surface area contributed by atoms with Crippen molar-refractivity contribution in [1.29, 1.82) is 0 Å². The van der Waals surface area contributed by atoms with Gasteiger partial charge in [0.25, 0.3) is 0 Å². The Morgan fingerprint density at radius 3 is 2.76 bits per heavy atom. The van der Waals surface area contributed by atoms with Gasteiger partial charge in [-0.2, -0.15) is 0 Å². The van der Waals surface area contributed by atoms with Crippen LogP contribution in [0.4, 0.5) is 9.39 Å². The van der Waals surface area contributed by atoms with Crippen molar-refractivity contribution in [1.82, 2.24) is 4.90 Å². The van der Waals surface area contributed by atoms with E-state index in [4.69, 9.17) is 22.1 Å². The Morgan fingerprint density at radius 1 is 1.31 bits per heavy atom. The number of hydrogen-bond donors (Lipinski definition) is 1. The van der Waals surface area contributed by atoms with Crippen molar-refractivity contribution in [2.75, 3.05) is 12.8 Å². The number of nitrogens with zero attached hydrogens (tertiary/aromatic N) is 1. The molecule has 2 heterocycles. The molecule has 150 valence electrons. The number of ether oxygens (including phenoxy) is 1. The first-order valence-corrected chi connectivity index (χ1v) is 10.4. The molecule has 4 nitrogen and oxygen atoms in total. The van der Waals surface area contributed by atoms with Crippen molar-refractivity contribution in [2.24, 2.45) is 0 Å². The number of rotatable bonds is 5. The maximum atomic E-state index is 14.1. The third-order valence-corrected chi connectivity index (χ3v) is 6.55. The number of carbonyl (C=O) groups is 1. The van der Waals surface area contributed by atoms with Crippen LogP contribution in [0.15, 0.2) is 47.8 Å². The highest BCUT2D eigenvalue weighted by molar-refractivity contribution is 7.14. The van der Waals surface area contributed by atoms with E-state index in [0.717, 1.165) is 28.7 Å². The standard InChI is InChI=1S/C22H20ClFN2O2S/c1-28-17-5-2-13(3-6-17)10-26-16(11-27)8-14-12-29-22(25)20(14)21(26)18-9-15(24)4-7-19(18)23/h2-7,9,11-12,16,21H,8,10,25H2,1H3. The summed E-state index contributed by atoms with van der Waals surface area (Å²) in [5.74, 6) is 0.380. The number of thiophene rings is 1. The number of benzene rings is 2. The zero-order valence-electron chi connectivity index (χ0n) is 15.8. The molecule has 0 fully saturated rings. The molecule has 1 aliphatic heterocycles. The largest absolute Gasteiger partial charge is 0.497 e. The Labute approximate surface area is 177 Å². The van der Waals surface area contributed by atoms with Gasteiger partial charge < -0.3 is 15.3 Å². The van der Waals surface area contributed by atoms with Crippen molar-refractivity contribution in [3.63, 3.8) is 0 Å². The first kappa shape index (κ1) is 19.9. The first-order valence-electron chi connectivity index (χ1n) is 9.16. The van der Waals surface area contributed by atoms with Crippen LogP contribution in [0, 0.1) is 5.82 Å². The molecule has 0 saturated carbocycles. The Kier molecular flexibility index (Phi) is 5.58. The number of methoxy groups -OCH3 is 1. The number of halogens is 2. The van der Waals surface area contributed by atoms with Crippen LogP contribution in [-0.4, -0.2) is 24.3 Å². The highest BCUT2D eigenvalue weighted by Gasteiger charge is 2.38. The molecule has 0 saturated heterocycles. The van der Waals surface area contributed by atoms with Gasteiger partial charge in [-0.3, -0.25) is 4.90 Å². The van der Waals surface area contributed by atoms with E-state index in [1.807, 2.05) is 34.5 Å². The molecule has 1 aliphatic rings. The van der Waals surface area contributed by atoms with Crippen molar-refractivity contribution < 1.29 is 13.9 Å². The van der Waals surface area contributed by atoms with Crippen molar-refractivity contribution in [2.45, 2.75) is 25.0 Å². The third kappa shape index (κ3) is 3.75. The van der Waals surface area contributed by atoms with Crippen LogP contribution in [0.25, 0.3) is 0 Å². The zero-order valence-corrected chi connectivity index (χ0v) is 17.3. The van der Waals surface area contributed by atoms with Crippen LogP contribution in [0.1, 0.15) is 28.3 Å². The van der Waals surface area contributed by atoms with E-state index in [2.05, 4.69) is 0 Å². The molecule has 1 aromatic heterocycles. The lowest BCUT2D eigenvalue weighted by Crippen LogP contribution is -2.44. The lowest BCUT2D eigenvalue weighted by molar-refractivity contribution is -0.113. The molecule has 0 spiro atoms. The lowest BCUT2D eigenvalue weighted by atomic mass is 9.86. The Balaban J connectivity index is 1.83. The Bertz CT molecular complexity index is 1040. The zero-order chi connectivity index (χ0) is 20.5. The highest BCUT2D eigenvalue weighted by Crippen LogP contribution is 2.46. The fourth-order valence-electron chi connectivity index (χ4n) is 3.92. The van der Waals surface area contributed by atoms with Crippen molar-refractivity contribution >= 4 is 34.2 Å². The van der Waals surface area contributed by atoms with Crippen LogP contribution in [0.5, 0.6) is 5.75 Å². The highest BCUT2D eigenvalue weighted by atomic mass is 35.5. The maximum absolute atomic E-state index is 14.1. The van der Waals surface area contributed by atoms with Crippen molar-refractivity contribution in [3.8, 4) is 5.75 Å². The van der Waals surface area contributed by atoms with E-state index < -0.39 is 6.04 Å². The fraction of sp³-hybridized carbons (Fsp3) is 0.227. The monoisotopic (exact) mass is 430 g/mol. The number of nitrogens with two attached hydrogens (primary N) is 1. The second kappa shape index (κ2) is 8.14. The van der Waals surface area contributed by atoms with Gasteiger partial charge in [0, 0.05) is 17.1 Å². The summed E-state index contributed by atoms with van der Waals surface area (Å²) < 4.78 is 19.4. The predicted octanol–water partition coefficient (Wildman–Crippen LogP) is 4.85. The molecule has 0 bridgehead atoms. The number of nitrogen functional groups attached to an aromatic ring is 1. The summed E-state index contributed by atoms with van der Waals surface area (Å²) >= 11 is 7.91. The number of fused-ring (bicyclic) bond motifs is 1. The lowest BCUT2D eigenvalue weighted by Gasteiger charge is -2.41. The van der Waals surface area contributed by atoms with Gasteiger partial charge in [-0.05, 0) is 58.8 Å². The van der Waals surface area contributed by atoms with E-state index in [1.165, 1.54) is 23.5 Å². The van der Waals surface area contributed by atoms with Crippen molar-refractivity contribution in [3.05, 3.63) is 80.9 Å². The average Bonchev–Trinajstić information content (AvgIpc) is 3.10. The Hall–Kier alpha value is -2.41. The molecule has 0 amide bonds. The van der Waals surface area contributed by atoms with E-state index in [1.54, 1.807) is 13.2 Å². The molecular formula is C22H20ClFN2O2S. The maximum Gasteiger partial charge on any atom is 0.137 e. The number of anilines is 1. The summed E-state index contributed by atoms with van der Waals surface area (Å²) in [4.78, 5) is 14.1. The first-order chi connectivity index (χ1) is 14.0. The van der Waals surface area contributed by atoms with Crippen LogP contribution >= 0.6 is 22.9 Å². The van der Waals surface area contributed by atoms with Gasteiger partial charge in [0.05, 0.1) is 24.2 Å². The summed E-state index contributed by atoms with van der Waals surface area (Å²) in [5, 5.41) is 3.08. The molecule has 3 aromatic rings. The molecule has 0 aliphatic carbocycles. The second-order valence-corrected chi connectivity index (χ2v) is 8.35. The topological polar surface area (TPSA) is 55.6 Å². The van der Waals surface area contributed by atoms with Gasteiger partial charge >= 0.3 is 0 Å². The van der Waals surface area contributed by atoms with Crippen LogP contribution in [0.2, 0.25) is 5.02 Å². The summed E-state index contributed by atoms with van der Waals surface area (Å²) in [6, 6.07) is 11.2. The average molecular weight is 431 g/mol. The van der Waals surface area contributed by atoms with E-state index in [0.29, 0.717) is 28.6 Å². The van der Waals surface area contributed by atoms with Crippen LogP contribution in [-0.2, 0) is 17.8 Å². The van der Waals surface area contributed by atoms with Gasteiger partial charge in [-0.25, -0.2) is 4.39 Å². The Morgan fingerprint density at radius 2 is 2.07 bits per heavy atom. The summed E-state index contributed by atoms with van der Waals surface area (Å²) in [7, 11) is 1.62. The smallest absolute Gasteiger partial charge is 0.137 e. The molecule has 2 N–H and O–H groups in total. The molecule has 2 aromatic carbocycles. The van der Waals surface area contributed by atoms with Gasteiger partial charge in [-0.15, -0.1) is 11.3 Å². The van der Waals surface area contributed by atoms with E-state index >= 15 is 0 Å². The summed E-state index contributed by atoms with van der Waals surface area (Å²) in [6.45, 7) is 0.486. The normalized spacial score (nSPS) is 19.0. The minimum Gasteiger partial charge on any atom is -0.497 e. The van der Waals surface area contributed by atoms with Gasteiger partial charge in [0.1, 0.15) is 17.9 Å². The third-order valence-electron chi connectivity index (χ3n) is 5.33. The number of carbonyl (C=O) groups excluding carboxylic acids is 1. The van der Waals surface area contributed by atoms with E-state index in [9.17, 15) is 9.18 Å². The minimum absolute atomic E-state index is 0.372. The molecular weight excluding hydrogens is 411 g/mol. The predicted molar refractivity (Wildman–Crippen MR) is 114 cm³/mol. The fourth-order valence-corrected chi connectivity index (χ4v) is 5.01. The molecule has 4 rings (SSSR count). The van der Waals surface area contributed by atoms with Gasteiger partial charge in [0.2, 0.25) is 0 Å². The SMILES string of the molecule is COc1ccc(CN2C(C=O)Cc3csc(N)c3C2c2cc(F)ccc2Cl)cc1. The summed E-state index contributed by atoms with van der Waals surface area (Å²) in [6.07, 6.45) is 1.51. The molecule has 7 heteroatoms. The molecule has 2 atom stereocenters. The number of aldehydes is 1. The quantitative estimate of drug-likeness (QED) is 0.588. The van der Waals surface area contributed by atoms with Gasteiger partial charge in [-0.1, -0.05) is 23.7 Å². The molecule has 29 heavy (non-hydrogen) atoms. The second-order valence-electron chi connectivity index (χ2n) is 7.04. The molecule has 2 unspecified atom stereocenters. The van der Waals surface area contributed by atoms with Crippen LogP contribution < -0.4 is 10.5 Å². The number of hydrogen-bond acceptors (Lipinski definition) is 5. The summed E-state index contributed by atoms with van der Waals surface area (Å²) in [5.41, 5.74) is 9.85. The van der Waals surface area contributed by atoms with Gasteiger partial charge in [0.15, 0.2) is 0 Å². The minimum atomic E-state index is -0.412. The van der Waals surface area contributed by atoms with E-state index in [-0.39, 0.29) is 11.9 Å².